The Bertz CT molecular complexity index is 409. The zero-order valence-electron chi connectivity index (χ0n) is 11.9. The molecule has 1 aliphatic heterocycles. The largest absolute Gasteiger partial charge is 0.361 e. The van der Waals surface area contributed by atoms with E-state index in [0.717, 1.165) is 57.0 Å². The van der Waals surface area contributed by atoms with E-state index in [0.29, 0.717) is 12.3 Å². The molecule has 19 heavy (non-hydrogen) atoms. The maximum absolute atomic E-state index is 11.9. The van der Waals surface area contributed by atoms with Crippen molar-refractivity contribution >= 4 is 5.91 Å². The summed E-state index contributed by atoms with van der Waals surface area (Å²) in [7, 11) is 0. The van der Waals surface area contributed by atoms with Gasteiger partial charge in [-0.05, 0) is 13.3 Å². The molecular weight excluding hydrogens is 242 g/mol. The number of unbranched alkanes of at least 4 members (excludes halogenated alkanes) is 1. The molecule has 1 aromatic rings. The number of nitrogens with zero attached hydrogens (tertiary/aromatic N) is 3. The summed E-state index contributed by atoms with van der Waals surface area (Å²) in [4.78, 5) is 16.2. The van der Waals surface area contributed by atoms with Crippen LogP contribution >= 0.6 is 0 Å². The predicted molar refractivity (Wildman–Crippen MR) is 72.6 cm³/mol. The lowest BCUT2D eigenvalue weighted by molar-refractivity contribution is -0.133. The molecule has 5 heteroatoms. The summed E-state index contributed by atoms with van der Waals surface area (Å²) in [5.41, 5.74) is 0.975. The molecule has 0 bridgehead atoms. The lowest BCUT2D eigenvalue weighted by Gasteiger charge is -2.34. The van der Waals surface area contributed by atoms with Crippen LogP contribution in [0.5, 0.6) is 0 Å². The Morgan fingerprint density at radius 2 is 2.11 bits per heavy atom. The van der Waals surface area contributed by atoms with Crippen molar-refractivity contribution in [2.45, 2.75) is 39.7 Å². The molecule has 106 valence electrons. The second-order valence-electron chi connectivity index (χ2n) is 5.19. The summed E-state index contributed by atoms with van der Waals surface area (Å²) >= 11 is 0. The van der Waals surface area contributed by atoms with E-state index in [1.165, 1.54) is 0 Å². The zero-order valence-corrected chi connectivity index (χ0v) is 11.9. The van der Waals surface area contributed by atoms with E-state index >= 15 is 0 Å². The number of amides is 1. The van der Waals surface area contributed by atoms with Crippen LogP contribution in [0.15, 0.2) is 10.6 Å². The number of carbonyl (C=O) groups excluding carboxylic acids is 1. The fourth-order valence-electron chi connectivity index (χ4n) is 2.36. The van der Waals surface area contributed by atoms with Crippen LogP contribution in [0, 0.1) is 6.92 Å². The Balaban J connectivity index is 1.74. The van der Waals surface area contributed by atoms with Gasteiger partial charge in [0, 0.05) is 45.2 Å². The second-order valence-corrected chi connectivity index (χ2v) is 5.19. The van der Waals surface area contributed by atoms with Crippen LogP contribution < -0.4 is 0 Å². The quantitative estimate of drug-likeness (QED) is 0.815. The number of piperazine rings is 1. The number of aryl methyl sites for hydroxylation is 1. The van der Waals surface area contributed by atoms with E-state index in [9.17, 15) is 4.79 Å². The minimum absolute atomic E-state index is 0.304. The van der Waals surface area contributed by atoms with Crippen molar-refractivity contribution in [2.75, 3.05) is 26.2 Å². The summed E-state index contributed by atoms with van der Waals surface area (Å²) in [5.74, 6) is 1.15. The van der Waals surface area contributed by atoms with E-state index < -0.39 is 0 Å². The van der Waals surface area contributed by atoms with Gasteiger partial charge in [0.15, 0.2) is 0 Å². The molecule has 0 atom stereocenters. The molecule has 0 radical (unpaired) electrons. The van der Waals surface area contributed by atoms with Crippen LogP contribution in [0.25, 0.3) is 0 Å². The Kier molecular flexibility index (Phi) is 4.96. The highest BCUT2D eigenvalue weighted by molar-refractivity contribution is 5.76. The van der Waals surface area contributed by atoms with Gasteiger partial charge in [0.1, 0.15) is 5.76 Å². The van der Waals surface area contributed by atoms with Crippen LogP contribution in [0.1, 0.15) is 37.6 Å². The molecule has 1 saturated heterocycles. The Morgan fingerprint density at radius 3 is 2.68 bits per heavy atom. The van der Waals surface area contributed by atoms with Crippen LogP contribution in [-0.2, 0) is 11.3 Å². The summed E-state index contributed by atoms with van der Waals surface area (Å²) in [6.45, 7) is 8.34. The summed E-state index contributed by atoms with van der Waals surface area (Å²) in [5, 5.41) is 4.01. The van der Waals surface area contributed by atoms with Gasteiger partial charge >= 0.3 is 0 Å². The minimum Gasteiger partial charge on any atom is -0.361 e. The first-order valence-electron chi connectivity index (χ1n) is 7.11. The summed E-state index contributed by atoms with van der Waals surface area (Å²) in [6, 6.07) is 1.97. The van der Waals surface area contributed by atoms with Gasteiger partial charge in [0.25, 0.3) is 0 Å². The molecule has 1 aliphatic rings. The average Bonchev–Trinajstić information content (AvgIpc) is 2.82. The smallest absolute Gasteiger partial charge is 0.222 e. The highest BCUT2D eigenvalue weighted by atomic mass is 16.5. The van der Waals surface area contributed by atoms with E-state index in [1.807, 2.05) is 17.9 Å². The molecule has 2 heterocycles. The third-order valence-electron chi connectivity index (χ3n) is 3.53. The fraction of sp³-hybridized carbons (Fsp3) is 0.714. The maximum atomic E-state index is 11.9. The Labute approximate surface area is 114 Å². The lowest BCUT2D eigenvalue weighted by atomic mass is 10.2. The molecule has 1 fully saturated rings. The van der Waals surface area contributed by atoms with Gasteiger partial charge in [-0.1, -0.05) is 18.5 Å². The molecule has 5 nitrogen and oxygen atoms in total. The highest BCUT2D eigenvalue weighted by Gasteiger charge is 2.21. The van der Waals surface area contributed by atoms with Crippen LogP contribution in [0.3, 0.4) is 0 Å². The van der Waals surface area contributed by atoms with Gasteiger partial charge in [-0.2, -0.15) is 0 Å². The van der Waals surface area contributed by atoms with Gasteiger partial charge in [0.2, 0.25) is 5.91 Å². The minimum atomic E-state index is 0.304. The first-order valence-corrected chi connectivity index (χ1v) is 7.11. The van der Waals surface area contributed by atoms with Gasteiger partial charge in [-0.15, -0.1) is 0 Å². The molecule has 0 saturated carbocycles. The van der Waals surface area contributed by atoms with Crippen molar-refractivity contribution in [3.63, 3.8) is 0 Å². The molecule has 1 amide bonds. The van der Waals surface area contributed by atoms with Crippen molar-refractivity contribution in [1.82, 2.24) is 15.0 Å². The number of hydrogen-bond donors (Lipinski definition) is 0. The van der Waals surface area contributed by atoms with Crippen molar-refractivity contribution in [3.8, 4) is 0 Å². The third-order valence-corrected chi connectivity index (χ3v) is 3.53. The van der Waals surface area contributed by atoms with Crippen molar-refractivity contribution in [2.24, 2.45) is 0 Å². The molecular formula is C14H23N3O2. The monoisotopic (exact) mass is 265 g/mol. The fourth-order valence-corrected chi connectivity index (χ4v) is 2.36. The van der Waals surface area contributed by atoms with Crippen molar-refractivity contribution in [1.29, 1.82) is 0 Å². The molecule has 0 aliphatic carbocycles. The summed E-state index contributed by atoms with van der Waals surface area (Å²) < 4.78 is 5.07. The Morgan fingerprint density at radius 1 is 1.37 bits per heavy atom. The molecule has 0 unspecified atom stereocenters. The average molecular weight is 265 g/mol. The van der Waals surface area contributed by atoms with E-state index in [-0.39, 0.29) is 0 Å². The van der Waals surface area contributed by atoms with Gasteiger partial charge < -0.3 is 9.42 Å². The number of hydrogen-bond acceptors (Lipinski definition) is 4. The van der Waals surface area contributed by atoms with E-state index in [4.69, 9.17) is 4.52 Å². The highest BCUT2D eigenvalue weighted by Crippen LogP contribution is 2.10. The van der Waals surface area contributed by atoms with Crippen LogP contribution in [-0.4, -0.2) is 47.0 Å². The van der Waals surface area contributed by atoms with Crippen LogP contribution in [0.4, 0.5) is 0 Å². The van der Waals surface area contributed by atoms with Gasteiger partial charge in [-0.3, -0.25) is 9.69 Å². The normalized spacial score (nSPS) is 16.8. The molecule has 2 rings (SSSR count). The number of carbonyl (C=O) groups is 1. The van der Waals surface area contributed by atoms with Crippen molar-refractivity contribution < 1.29 is 9.32 Å². The van der Waals surface area contributed by atoms with Gasteiger partial charge in [0.05, 0.1) is 5.69 Å². The second kappa shape index (κ2) is 6.70. The number of rotatable bonds is 5. The van der Waals surface area contributed by atoms with Crippen molar-refractivity contribution in [3.05, 3.63) is 17.5 Å². The first kappa shape index (κ1) is 14.1. The molecule has 1 aromatic heterocycles. The van der Waals surface area contributed by atoms with Crippen LogP contribution in [0.2, 0.25) is 0 Å². The predicted octanol–water partition coefficient (Wildman–Crippen LogP) is 1.82. The SMILES string of the molecule is CCCCC(=O)N1CCN(Cc2cc(C)on2)CC1. The van der Waals surface area contributed by atoms with E-state index in [2.05, 4.69) is 17.0 Å². The Hall–Kier alpha value is -1.36. The molecule has 0 N–H and O–H groups in total. The molecule has 0 aromatic carbocycles. The third kappa shape index (κ3) is 4.06. The van der Waals surface area contributed by atoms with E-state index in [1.54, 1.807) is 0 Å². The molecule has 0 spiro atoms. The zero-order chi connectivity index (χ0) is 13.7. The lowest BCUT2D eigenvalue weighted by Crippen LogP contribution is -2.48. The topological polar surface area (TPSA) is 49.6 Å². The summed E-state index contributed by atoms with van der Waals surface area (Å²) in [6.07, 6.45) is 2.77. The standard InChI is InChI=1S/C14H23N3O2/c1-3-4-5-14(18)17-8-6-16(7-9-17)11-13-10-12(2)19-15-13/h10H,3-9,11H2,1-2H3. The first-order chi connectivity index (χ1) is 9.19. The van der Waals surface area contributed by atoms with Gasteiger partial charge in [-0.25, -0.2) is 0 Å². The number of aromatic nitrogens is 1. The maximum Gasteiger partial charge on any atom is 0.222 e.